The molecule has 0 spiro atoms. The Bertz CT molecular complexity index is 797. The van der Waals surface area contributed by atoms with E-state index in [1.54, 1.807) is 6.07 Å². The number of benzene rings is 1. The second-order valence-corrected chi connectivity index (χ2v) is 7.04. The number of unbranched alkanes of at least 4 members (excludes halogenated alkanes) is 1. The van der Waals surface area contributed by atoms with Crippen LogP contribution in [0.3, 0.4) is 0 Å². The molecular weight excluding hydrogens is 336 g/mol. The fourth-order valence-corrected chi connectivity index (χ4v) is 3.40. The van der Waals surface area contributed by atoms with Gasteiger partial charge < -0.3 is 15.5 Å². The van der Waals surface area contributed by atoms with Crippen molar-refractivity contribution in [2.75, 3.05) is 30.4 Å². The summed E-state index contributed by atoms with van der Waals surface area (Å²) in [5.41, 5.74) is 2.52. The molecule has 1 atom stereocenters. The lowest BCUT2D eigenvalue weighted by atomic mass is 10.1. The number of aromatic nitrogens is 2. The van der Waals surface area contributed by atoms with E-state index in [1.807, 2.05) is 25.2 Å². The average molecular weight is 364 g/mol. The molecule has 2 aromatic rings. The summed E-state index contributed by atoms with van der Waals surface area (Å²) in [6, 6.07) is 12.2. The van der Waals surface area contributed by atoms with Gasteiger partial charge in [0.05, 0.1) is 11.6 Å². The van der Waals surface area contributed by atoms with Gasteiger partial charge in [0.1, 0.15) is 5.82 Å². The molecule has 1 aromatic heterocycles. The lowest BCUT2D eigenvalue weighted by Gasteiger charge is -2.33. The van der Waals surface area contributed by atoms with Gasteiger partial charge in [0.15, 0.2) is 0 Å². The number of rotatable bonds is 7. The van der Waals surface area contributed by atoms with Gasteiger partial charge in [-0.15, -0.1) is 0 Å². The van der Waals surface area contributed by atoms with E-state index < -0.39 is 0 Å². The smallest absolute Gasteiger partial charge is 0.229 e. The first-order valence-electron chi connectivity index (χ1n) is 9.79. The lowest BCUT2D eigenvalue weighted by Crippen LogP contribution is -2.44. The number of nitriles is 1. The number of nitrogens with one attached hydrogen (secondary N) is 2. The maximum Gasteiger partial charge on any atom is 0.229 e. The molecule has 3 rings (SSSR count). The fourth-order valence-electron chi connectivity index (χ4n) is 3.40. The number of aryl methyl sites for hydroxylation is 1. The van der Waals surface area contributed by atoms with E-state index >= 15 is 0 Å². The SMILES string of the molecule is CCCCc1cc(N2CCC[C@@H](NC)C2)nc(Nc2cccc(C#N)c2)n1. The molecule has 2 N–H and O–H groups in total. The number of nitrogens with zero attached hydrogens (tertiary/aromatic N) is 4. The molecule has 0 unspecified atom stereocenters. The summed E-state index contributed by atoms with van der Waals surface area (Å²) in [4.78, 5) is 11.8. The normalized spacial score (nSPS) is 16.8. The first-order valence-corrected chi connectivity index (χ1v) is 9.79. The summed E-state index contributed by atoms with van der Waals surface area (Å²) in [6.45, 7) is 4.17. The molecule has 0 radical (unpaired) electrons. The molecule has 1 aliphatic heterocycles. The van der Waals surface area contributed by atoms with Gasteiger partial charge in [0.2, 0.25) is 5.95 Å². The van der Waals surface area contributed by atoms with E-state index in [-0.39, 0.29) is 0 Å². The van der Waals surface area contributed by atoms with Gasteiger partial charge in [-0.05, 0) is 50.9 Å². The number of anilines is 3. The number of piperidine rings is 1. The zero-order chi connectivity index (χ0) is 19.1. The van der Waals surface area contributed by atoms with E-state index in [0.29, 0.717) is 17.6 Å². The monoisotopic (exact) mass is 364 g/mol. The van der Waals surface area contributed by atoms with Crippen molar-refractivity contribution >= 4 is 17.5 Å². The molecule has 2 heterocycles. The summed E-state index contributed by atoms with van der Waals surface area (Å²) in [6.07, 6.45) is 5.55. The maximum atomic E-state index is 9.11. The van der Waals surface area contributed by atoms with E-state index in [9.17, 15) is 0 Å². The minimum Gasteiger partial charge on any atom is -0.355 e. The molecule has 1 saturated heterocycles. The Hall–Kier alpha value is -2.65. The van der Waals surface area contributed by atoms with Gasteiger partial charge >= 0.3 is 0 Å². The second kappa shape index (κ2) is 9.33. The van der Waals surface area contributed by atoms with Crippen LogP contribution in [0.5, 0.6) is 0 Å². The van der Waals surface area contributed by atoms with Crippen LogP contribution in [0.15, 0.2) is 30.3 Å². The van der Waals surface area contributed by atoms with Crippen molar-refractivity contribution in [1.82, 2.24) is 15.3 Å². The van der Waals surface area contributed by atoms with E-state index in [0.717, 1.165) is 56.0 Å². The molecule has 6 heteroatoms. The van der Waals surface area contributed by atoms with Gasteiger partial charge in [0, 0.05) is 36.6 Å². The first-order chi connectivity index (χ1) is 13.2. The van der Waals surface area contributed by atoms with Crippen LogP contribution in [-0.2, 0) is 6.42 Å². The summed E-state index contributed by atoms with van der Waals surface area (Å²) >= 11 is 0. The van der Waals surface area contributed by atoms with Crippen LogP contribution in [0, 0.1) is 11.3 Å². The number of likely N-dealkylation sites (N-methyl/N-ethyl adjacent to an activating group) is 1. The highest BCUT2D eigenvalue weighted by Crippen LogP contribution is 2.23. The average Bonchev–Trinajstić information content (AvgIpc) is 2.72. The highest BCUT2D eigenvalue weighted by Gasteiger charge is 2.20. The predicted molar refractivity (Wildman–Crippen MR) is 109 cm³/mol. The first kappa shape index (κ1) is 19.1. The third-order valence-corrected chi connectivity index (χ3v) is 4.95. The van der Waals surface area contributed by atoms with Crippen molar-refractivity contribution in [3.63, 3.8) is 0 Å². The van der Waals surface area contributed by atoms with Crippen molar-refractivity contribution in [1.29, 1.82) is 5.26 Å². The largest absolute Gasteiger partial charge is 0.355 e. The van der Waals surface area contributed by atoms with E-state index in [4.69, 9.17) is 15.2 Å². The Balaban J connectivity index is 1.86. The van der Waals surface area contributed by atoms with Crippen LogP contribution in [0.25, 0.3) is 0 Å². The number of hydrogen-bond donors (Lipinski definition) is 2. The maximum absolute atomic E-state index is 9.11. The highest BCUT2D eigenvalue weighted by atomic mass is 15.2. The predicted octanol–water partition coefficient (Wildman–Crippen LogP) is 3.62. The van der Waals surface area contributed by atoms with Crippen LogP contribution < -0.4 is 15.5 Å². The molecule has 0 aliphatic carbocycles. The Kier molecular flexibility index (Phi) is 6.61. The Morgan fingerprint density at radius 1 is 1.30 bits per heavy atom. The third-order valence-electron chi connectivity index (χ3n) is 4.95. The van der Waals surface area contributed by atoms with Crippen molar-refractivity contribution < 1.29 is 0 Å². The minimum absolute atomic E-state index is 0.497. The van der Waals surface area contributed by atoms with Crippen molar-refractivity contribution in [3.8, 4) is 6.07 Å². The molecule has 1 aromatic carbocycles. The van der Waals surface area contributed by atoms with Gasteiger partial charge in [-0.2, -0.15) is 10.2 Å². The van der Waals surface area contributed by atoms with Gasteiger partial charge in [-0.3, -0.25) is 0 Å². The van der Waals surface area contributed by atoms with Crippen molar-refractivity contribution in [3.05, 3.63) is 41.6 Å². The molecule has 6 nitrogen and oxygen atoms in total. The fraction of sp³-hybridized carbons (Fsp3) is 0.476. The number of hydrogen-bond acceptors (Lipinski definition) is 6. The van der Waals surface area contributed by atoms with Crippen LogP contribution >= 0.6 is 0 Å². The Labute approximate surface area is 161 Å². The van der Waals surface area contributed by atoms with Crippen LogP contribution in [0.4, 0.5) is 17.5 Å². The van der Waals surface area contributed by atoms with Gasteiger partial charge in [-0.1, -0.05) is 19.4 Å². The van der Waals surface area contributed by atoms with Crippen LogP contribution in [0.2, 0.25) is 0 Å². The minimum atomic E-state index is 0.497. The second-order valence-electron chi connectivity index (χ2n) is 7.04. The van der Waals surface area contributed by atoms with Crippen LogP contribution in [-0.4, -0.2) is 36.1 Å². The highest BCUT2D eigenvalue weighted by molar-refractivity contribution is 5.58. The lowest BCUT2D eigenvalue weighted by molar-refractivity contribution is 0.447. The van der Waals surface area contributed by atoms with Gasteiger partial charge in [0.25, 0.3) is 0 Å². The summed E-state index contributed by atoms with van der Waals surface area (Å²) < 4.78 is 0. The van der Waals surface area contributed by atoms with Crippen LogP contribution in [0.1, 0.15) is 43.9 Å². The zero-order valence-corrected chi connectivity index (χ0v) is 16.2. The molecule has 27 heavy (non-hydrogen) atoms. The molecule has 0 bridgehead atoms. The molecule has 1 fully saturated rings. The Morgan fingerprint density at radius 2 is 2.19 bits per heavy atom. The topological polar surface area (TPSA) is 76.9 Å². The standard InChI is InChI=1S/C21H28N6/c1-3-4-8-18-13-20(27-11-6-10-19(15-27)23-2)26-21(25-18)24-17-9-5-7-16(12-17)14-22/h5,7,9,12-13,19,23H,3-4,6,8,10-11,15H2,1-2H3,(H,24,25,26)/t19-/m1/s1. The zero-order valence-electron chi connectivity index (χ0n) is 16.2. The van der Waals surface area contributed by atoms with E-state index in [2.05, 4.69) is 34.6 Å². The summed E-state index contributed by atoms with van der Waals surface area (Å²) in [5.74, 6) is 1.58. The molecular formula is C21H28N6. The van der Waals surface area contributed by atoms with Crippen molar-refractivity contribution in [2.24, 2.45) is 0 Å². The summed E-state index contributed by atoms with van der Waals surface area (Å²) in [5, 5.41) is 15.8. The third kappa shape index (κ3) is 5.18. The summed E-state index contributed by atoms with van der Waals surface area (Å²) in [7, 11) is 2.02. The van der Waals surface area contributed by atoms with Crippen molar-refractivity contribution in [2.45, 2.75) is 45.1 Å². The molecule has 1 aliphatic rings. The quantitative estimate of drug-likeness (QED) is 0.781. The molecule has 0 amide bonds. The Morgan fingerprint density at radius 3 is 2.96 bits per heavy atom. The van der Waals surface area contributed by atoms with E-state index in [1.165, 1.54) is 6.42 Å². The van der Waals surface area contributed by atoms with Gasteiger partial charge in [-0.25, -0.2) is 4.98 Å². The molecule has 142 valence electrons. The molecule has 0 saturated carbocycles.